The number of anilines is 1. The van der Waals surface area contributed by atoms with Gasteiger partial charge in [-0.05, 0) is 74.9 Å². The zero-order chi connectivity index (χ0) is 14.9. The van der Waals surface area contributed by atoms with Crippen LogP contribution in [0.5, 0.6) is 0 Å². The van der Waals surface area contributed by atoms with Crippen LogP contribution in [0.1, 0.15) is 32.1 Å². The first-order valence-electron chi connectivity index (χ1n) is 7.59. The molecule has 2 aliphatic rings. The molecule has 21 heavy (non-hydrogen) atoms. The summed E-state index contributed by atoms with van der Waals surface area (Å²) in [5.74, 6) is -0.167. The Labute approximate surface area is 130 Å². The zero-order valence-corrected chi connectivity index (χ0v) is 13.0. The predicted molar refractivity (Wildman–Crippen MR) is 87.0 cm³/mol. The van der Waals surface area contributed by atoms with E-state index in [4.69, 9.17) is 11.5 Å². The number of amides is 1. The summed E-state index contributed by atoms with van der Waals surface area (Å²) in [6.45, 7) is 2.11. The fourth-order valence-electron chi connectivity index (χ4n) is 3.74. The molecule has 114 valence electrons. The van der Waals surface area contributed by atoms with Crippen molar-refractivity contribution < 1.29 is 4.79 Å². The molecule has 1 heterocycles. The number of nitrogens with one attached hydrogen (secondary N) is 1. The summed E-state index contributed by atoms with van der Waals surface area (Å²) in [6.07, 6.45) is 5.22. The molecule has 1 amide bonds. The third kappa shape index (κ3) is 2.90. The molecule has 0 aromatic heterocycles. The summed E-state index contributed by atoms with van der Waals surface area (Å²) in [7, 11) is 0. The van der Waals surface area contributed by atoms with E-state index in [2.05, 4.69) is 5.32 Å². The molecule has 0 bridgehead atoms. The predicted octanol–water partition coefficient (Wildman–Crippen LogP) is 2.14. The lowest BCUT2D eigenvalue weighted by Gasteiger charge is -2.35. The molecule has 1 aliphatic carbocycles. The maximum absolute atomic E-state index is 12.2. The van der Waals surface area contributed by atoms with Crippen molar-refractivity contribution in [2.24, 2.45) is 11.1 Å². The van der Waals surface area contributed by atoms with E-state index in [-0.39, 0.29) is 5.91 Å². The lowest BCUT2D eigenvalue weighted by atomic mass is 9.77. The molecule has 0 radical (unpaired) electrons. The second-order valence-corrected chi connectivity index (χ2v) is 7.91. The number of nitrogens with two attached hydrogens (primary N) is 2. The van der Waals surface area contributed by atoms with E-state index in [1.54, 1.807) is 11.8 Å². The van der Waals surface area contributed by atoms with Crippen LogP contribution in [-0.2, 0) is 4.79 Å². The standard InChI is InChI=1S/C16H23N3OS/c17-12-1-3-13(4-2-12)21-16(14(18)20)6-5-15(11-16)7-9-19-10-8-15/h1-4,19H,5-11,17H2,(H2,18,20). The van der Waals surface area contributed by atoms with Crippen molar-refractivity contribution in [3.05, 3.63) is 24.3 Å². The van der Waals surface area contributed by atoms with Crippen LogP contribution in [0.3, 0.4) is 0 Å². The van der Waals surface area contributed by atoms with Crippen LogP contribution in [-0.4, -0.2) is 23.7 Å². The summed E-state index contributed by atoms with van der Waals surface area (Å²) in [6, 6.07) is 7.73. The minimum atomic E-state index is -0.451. The largest absolute Gasteiger partial charge is 0.399 e. The van der Waals surface area contributed by atoms with Crippen molar-refractivity contribution >= 4 is 23.4 Å². The Kier molecular flexibility index (Phi) is 3.88. The van der Waals surface area contributed by atoms with E-state index in [1.807, 2.05) is 24.3 Å². The van der Waals surface area contributed by atoms with Crippen molar-refractivity contribution in [2.45, 2.75) is 41.7 Å². The van der Waals surface area contributed by atoms with Crippen LogP contribution in [0.15, 0.2) is 29.2 Å². The van der Waals surface area contributed by atoms with E-state index in [1.165, 1.54) is 0 Å². The van der Waals surface area contributed by atoms with Gasteiger partial charge in [0.2, 0.25) is 5.91 Å². The van der Waals surface area contributed by atoms with Gasteiger partial charge in [0.15, 0.2) is 0 Å². The number of primary amides is 1. The first kappa shape index (κ1) is 14.7. The summed E-state index contributed by atoms with van der Waals surface area (Å²) < 4.78 is -0.451. The molecular formula is C16H23N3OS. The number of rotatable bonds is 3. The number of nitrogen functional groups attached to an aromatic ring is 1. The Balaban J connectivity index is 1.81. The molecule has 1 saturated heterocycles. The molecule has 1 aromatic rings. The molecule has 1 aromatic carbocycles. The average molecular weight is 305 g/mol. The molecule has 5 N–H and O–H groups in total. The summed E-state index contributed by atoms with van der Waals surface area (Å²) in [5.41, 5.74) is 12.6. The van der Waals surface area contributed by atoms with Crippen LogP contribution >= 0.6 is 11.8 Å². The molecule has 1 spiro atoms. The number of hydrogen-bond acceptors (Lipinski definition) is 4. The van der Waals surface area contributed by atoms with E-state index in [9.17, 15) is 4.79 Å². The molecule has 1 aliphatic heterocycles. The summed E-state index contributed by atoms with van der Waals surface area (Å²) in [4.78, 5) is 13.3. The lowest BCUT2D eigenvalue weighted by molar-refractivity contribution is -0.120. The molecule has 4 nitrogen and oxygen atoms in total. The van der Waals surface area contributed by atoms with Crippen LogP contribution in [0, 0.1) is 5.41 Å². The molecule has 3 rings (SSSR count). The van der Waals surface area contributed by atoms with Crippen molar-refractivity contribution in [2.75, 3.05) is 18.8 Å². The topological polar surface area (TPSA) is 81.1 Å². The maximum Gasteiger partial charge on any atom is 0.234 e. The summed E-state index contributed by atoms with van der Waals surface area (Å²) in [5, 5.41) is 3.41. The van der Waals surface area contributed by atoms with Crippen LogP contribution < -0.4 is 16.8 Å². The normalized spacial score (nSPS) is 27.8. The second kappa shape index (κ2) is 5.54. The highest BCUT2D eigenvalue weighted by Crippen LogP contribution is 2.56. The highest BCUT2D eigenvalue weighted by atomic mass is 32.2. The number of carbonyl (C=O) groups excluding carboxylic acids is 1. The summed E-state index contributed by atoms with van der Waals surface area (Å²) >= 11 is 1.63. The average Bonchev–Trinajstić information content (AvgIpc) is 2.82. The number of carbonyl (C=O) groups is 1. The van der Waals surface area contributed by atoms with Gasteiger partial charge < -0.3 is 16.8 Å². The van der Waals surface area contributed by atoms with Gasteiger partial charge >= 0.3 is 0 Å². The van der Waals surface area contributed by atoms with Crippen molar-refractivity contribution in [3.8, 4) is 0 Å². The third-order valence-corrected chi connectivity index (χ3v) is 6.47. The van der Waals surface area contributed by atoms with Gasteiger partial charge in [-0.25, -0.2) is 0 Å². The minimum absolute atomic E-state index is 0.167. The SMILES string of the molecule is NC(=O)C1(Sc2ccc(N)cc2)CCC2(CCNCC2)C1. The van der Waals surface area contributed by atoms with Gasteiger partial charge in [0.05, 0.1) is 4.75 Å². The van der Waals surface area contributed by atoms with E-state index in [0.29, 0.717) is 5.41 Å². The Hall–Kier alpha value is -1.20. The van der Waals surface area contributed by atoms with Gasteiger partial charge in [-0.1, -0.05) is 0 Å². The van der Waals surface area contributed by atoms with Crippen LogP contribution in [0.25, 0.3) is 0 Å². The van der Waals surface area contributed by atoms with Gasteiger partial charge in [-0.3, -0.25) is 4.79 Å². The van der Waals surface area contributed by atoms with Gasteiger partial charge in [0.25, 0.3) is 0 Å². The molecule has 2 fully saturated rings. The second-order valence-electron chi connectivity index (χ2n) is 6.46. The highest BCUT2D eigenvalue weighted by Gasteiger charge is 2.52. The van der Waals surface area contributed by atoms with Gasteiger partial charge in [0.1, 0.15) is 0 Å². The Bertz CT molecular complexity index is 525. The van der Waals surface area contributed by atoms with Crippen molar-refractivity contribution in [1.82, 2.24) is 5.32 Å². The van der Waals surface area contributed by atoms with E-state index >= 15 is 0 Å². The molecular weight excluding hydrogens is 282 g/mol. The first-order valence-corrected chi connectivity index (χ1v) is 8.41. The van der Waals surface area contributed by atoms with Crippen molar-refractivity contribution in [3.63, 3.8) is 0 Å². The molecule has 1 atom stereocenters. The zero-order valence-electron chi connectivity index (χ0n) is 12.2. The minimum Gasteiger partial charge on any atom is -0.399 e. The quantitative estimate of drug-likeness (QED) is 0.747. The Morgan fingerprint density at radius 2 is 1.76 bits per heavy atom. The number of thioether (sulfide) groups is 1. The van der Waals surface area contributed by atoms with Crippen LogP contribution in [0.4, 0.5) is 5.69 Å². The first-order chi connectivity index (χ1) is 10.0. The number of piperidine rings is 1. The Morgan fingerprint density at radius 3 is 2.38 bits per heavy atom. The maximum atomic E-state index is 12.2. The number of hydrogen-bond donors (Lipinski definition) is 3. The lowest BCUT2D eigenvalue weighted by Crippen LogP contribution is -2.42. The fourth-order valence-corrected chi connectivity index (χ4v) is 5.15. The fraction of sp³-hybridized carbons (Fsp3) is 0.562. The van der Waals surface area contributed by atoms with Gasteiger partial charge in [-0.15, -0.1) is 11.8 Å². The highest BCUT2D eigenvalue weighted by molar-refractivity contribution is 8.01. The molecule has 5 heteroatoms. The molecule has 1 saturated carbocycles. The van der Waals surface area contributed by atoms with Gasteiger partial charge in [0, 0.05) is 10.6 Å². The van der Waals surface area contributed by atoms with Gasteiger partial charge in [-0.2, -0.15) is 0 Å². The van der Waals surface area contributed by atoms with E-state index in [0.717, 1.165) is 55.8 Å². The van der Waals surface area contributed by atoms with E-state index < -0.39 is 4.75 Å². The number of benzene rings is 1. The van der Waals surface area contributed by atoms with Crippen LogP contribution in [0.2, 0.25) is 0 Å². The third-order valence-electron chi connectivity index (χ3n) is 5.03. The molecule has 1 unspecified atom stereocenters. The Morgan fingerprint density at radius 1 is 1.10 bits per heavy atom. The smallest absolute Gasteiger partial charge is 0.234 e. The van der Waals surface area contributed by atoms with Crippen molar-refractivity contribution in [1.29, 1.82) is 0 Å². The monoisotopic (exact) mass is 305 g/mol.